The Bertz CT molecular complexity index is 343. The molecule has 0 heterocycles. The average molecular weight is 249 g/mol. The van der Waals surface area contributed by atoms with E-state index in [4.69, 9.17) is 0 Å². The summed E-state index contributed by atoms with van der Waals surface area (Å²) in [5, 5.41) is 10.7. The van der Waals surface area contributed by atoms with Crippen LogP contribution in [0.15, 0.2) is 30.3 Å². The summed E-state index contributed by atoms with van der Waals surface area (Å²) in [6.45, 7) is 12.4. The Morgan fingerprint density at radius 1 is 1.11 bits per heavy atom. The first-order valence-electron chi connectivity index (χ1n) is 6.85. The third kappa shape index (κ3) is 4.43. The molecule has 0 amide bonds. The minimum atomic E-state index is -0.791. The van der Waals surface area contributed by atoms with Crippen LogP contribution >= 0.6 is 0 Å². The molecule has 18 heavy (non-hydrogen) atoms. The van der Waals surface area contributed by atoms with Crippen molar-refractivity contribution in [1.29, 1.82) is 0 Å². The van der Waals surface area contributed by atoms with Gasteiger partial charge in [0.15, 0.2) is 0 Å². The number of rotatable bonds is 6. The van der Waals surface area contributed by atoms with Crippen LogP contribution in [0.5, 0.6) is 0 Å². The highest BCUT2D eigenvalue weighted by atomic mass is 16.3. The maximum atomic E-state index is 10.7. The molecule has 1 rings (SSSR count). The Morgan fingerprint density at radius 3 is 2.11 bits per heavy atom. The quantitative estimate of drug-likeness (QED) is 0.836. The third-order valence-corrected chi connectivity index (χ3v) is 3.24. The van der Waals surface area contributed by atoms with Gasteiger partial charge in [0.25, 0.3) is 0 Å². The van der Waals surface area contributed by atoms with Gasteiger partial charge in [0, 0.05) is 19.1 Å². The average Bonchev–Trinajstić information content (AvgIpc) is 2.28. The first-order chi connectivity index (χ1) is 8.33. The van der Waals surface area contributed by atoms with Crippen LogP contribution in [-0.4, -0.2) is 29.1 Å². The lowest BCUT2D eigenvalue weighted by molar-refractivity contribution is 0.00271. The summed E-state index contributed by atoms with van der Waals surface area (Å²) in [5.74, 6) is 0.610. The van der Waals surface area contributed by atoms with E-state index in [0.717, 1.165) is 12.1 Å². The zero-order valence-corrected chi connectivity index (χ0v) is 12.4. The molecule has 2 nitrogen and oxygen atoms in total. The zero-order chi connectivity index (χ0) is 13.8. The Labute approximate surface area is 112 Å². The molecule has 0 aromatic heterocycles. The van der Waals surface area contributed by atoms with Gasteiger partial charge in [-0.2, -0.15) is 0 Å². The normalized spacial score (nSPS) is 15.4. The summed E-state index contributed by atoms with van der Waals surface area (Å²) in [5.41, 5.74) is 0.194. The fourth-order valence-electron chi connectivity index (χ4n) is 2.21. The van der Waals surface area contributed by atoms with E-state index in [0.29, 0.717) is 18.5 Å². The second kappa shape index (κ2) is 6.35. The van der Waals surface area contributed by atoms with Crippen LogP contribution < -0.4 is 0 Å². The molecule has 102 valence electrons. The van der Waals surface area contributed by atoms with Crippen LogP contribution in [-0.2, 0) is 5.60 Å². The number of benzene rings is 1. The molecular formula is C16H27NO. The highest BCUT2D eigenvalue weighted by Crippen LogP contribution is 2.23. The minimum absolute atomic E-state index is 0.447. The Hall–Kier alpha value is -0.860. The summed E-state index contributed by atoms with van der Waals surface area (Å²) in [6.07, 6.45) is 0. The number of nitrogens with zero attached hydrogens (tertiary/aromatic N) is 1. The van der Waals surface area contributed by atoms with Gasteiger partial charge in [0.1, 0.15) is 0 Å². The van der Waals surface area contributed by atoms with Crippen molar-refractivity contribution in [1.82, 2.24) is 4.90 Å². The molecule has 1 aromatic carbocycles. The molecule has 1 N–H and O–H groups in total. The van der Waals surface area contributed by atoms with E-state index in [-0.39, 0.29) is 0 Å². The molecule has 0 aliphatic heterocycles. The summed E-state index contributed by atoms with van der Waals surface area (Å²) in [4.78, 5) is 2.34. The second-order valence-electron chi connectivity index (χ2n) is 6.06. The van der Waals surface area contributed by atoms with Crippen molar-refractivity contribution in [2.45, 2.75) is 46.3 Å². The van der Waals surface area contributed by atoms with Crippen LogP contribution in [0.4, 0.5) is 0 Å². The molecule has 0 fully saturated rings. The first kappa shape index (κ1) is 15.2. The van der Waals surface area contributed by atoms with Gasteiger partial charge in [-0.3, -0.25) is 4.90 Å². The predicted molar refractivity (Wildman–Crippen MR) is 77.6 cm³/mol. The van der Waals surface area contributed by atoms with Crippen molar-refractivity contribution >= 4 is 0 Å². The van der Waals surface area contributed by atoms with Crippen LogP contribution in [0.3, 0.4) is 0 Å². The molecule has 2 heteroatoms. The Kier molecular flexibility index (Phi) is 5.36. The number of hydrogen-bond donors (Lipinski definition) is 1. The smallest absolute Gasteiger partial charge is 0.0994 e. The van der Waals surface area contributed by atoms with E-state index in [1.54, 1.807) is 0 Å². The Balaban J connectivity index is 2.79. The van der Waals surface area contributed by atoms with Gasteiger partial charge >= 0.3 is 0 Å². The standard InChI is InChI=1S/C16H27NO/c1-13(2)11-17(14(3)4)12-16(5,18)15-9-7-6-8-10-15/h6-10,13-14,18H,11-12H2,1-5H3. The predicted octanol–water partition coefficient (Wildman–Crippen LogP) is 3.26. The van der Waals surface area contributed by atoms with Gasteiger partial charge in [0.05, 0.1) is 5.60 Å². The van der Waals surface area contributed by atoms with Gasteiger partial charge in [-0.15, -0.1) is 0 Å². The van der Waals surface area contributed by atoms with E-state index < -0.39 is 5.60 Å². The van der Waals surface area contributed by atoms with Gasteiger partial charge in [-0.1, -0.05) is 44.2 Å². The highest BCUT2D eigenvalue weighted by Gasteiger charge is 2.27. The van der Waals surface area contributed by atoms with Gasteiger partial charge < -0.3 is 5.11 Å². The highest BCUT2D eigenvalue weighted by molar-refractivity contribution is 5.21. The summed E-state index contributed by atoms with van der Waals surface area (Å²) >= 11 is 0. The molecule has 0 spiro atoms. The molecule has 1 aromatic rings. The van der Waals surface area contributed by atoms with Crippen molar-refractivity contribution in [3.05, 3.63) is 35.9 Å². The van der Waals surface area contributed by atoms with Crippen molar-refractivity contribution < 1.29 is 5.11 Å². The molecule has 0 saturated carbocycles. The SMILES string of the molecule is CC(C)CN(CC(C)(O)c1ccccc1)C(C)C. The lowest BCUT2D eigenvalue weighted by Crippen LogP contribution is -2.44. The van der Waals surface area contributed by atoms with E-state index in [9.17, 15) is 5.11 Å². The van der Waals surface area contributed by atoms with E-state index in [1.807, 2.05) is 37.3 Å². The summed E-state index contributed by atoms with van der Waals surface area (Å²) in [6, 6.07) is 10.4. The van der Waals surface area contributed by atoms with E-state index in [2.05, 4.69) is 32.6 Å². The molecule has 0 saturated heterocycles. The maximum absolute atomic E-state index is 10.7. The largest absolute Gasteiger partial charge is 0.384 e. The summed E-state index contributed by atoms with van der Waals surface area (Å²) < 4.78 is 0. The molecule has 0 aliphatic rings. The topological polar surface area (TPSA) is 23.5 Å². The van der Waals surface area contributed by atoms with Gasteiger partial charge in [-0.05, 0) is 32.3 Å². The molecule has 0 bridgehead atoms. The molecular weight excluding hydrogens is 222 g/mol. The van der Waals surface area contributed by atoms with Gasteiger partial charge in [0.2, 0.25) is 0 Å². The summed E-state index contributed by atoms with van der Waals surface area (Å²) in [7, 11) is 0. The number of hydrogen-bond acceptors (Lipinski definition) is 2. The molecule has 1 atom stereocenters. The monoisotopic (exact) mass is 249 g/mol. The van der Waals surface area contributed by atoms with Crippen LogP contribution in [0.25, 0.3) is 0 Å². The Morgan fingerprint density at radius 2 is 1.67 bits per heavy atom. The van der Waals surface area contributed by atoms with Crippen LogP contribution in [0, 0.1) is 5.92 Å². The van der Waals surface area contributed by atoms with Crippen molar-refractivity contribution in [2.24, 2.45) is 5.92 Å². The zero-order valence-electron chi connectivity index (χ0n) is 12.4. The third-order valence-electron chi connectivity index (χ3n) is 3.24. The molecule has 0 aliphatic carbocycles. The minimum Gasteiger partial charge on any atom is -0.384 e. The first-order valence-corrected chi connectivity index (χ1v) is 6.85. The van der Waals surface area contributed by atoms with E-state index in [1.165, 1.54) is 0 Å². The fraction of sp³-hybridized carbons (Fsp3) is 0.625. The molecule has 1 unspecified atom stereocenters. The van der Waals surface area contributed by atoms with Crippen molar-refractivity contribution in [3.8, 4) is 0 Å². The lowest BCUT2D eigenvalue weighted by Gasteiger charge is -2.35. The number of aliphatic hydroxyl groups is 1. The fourth-order valence-corrected chi connectivity index (χ4v) is 2.21. The maximum Gasteiger partial charge on any atom is 0.0994 e. The van der Waals surface area contributed by atoms with Crippen molar-refractivity contribution in [3.63, 3.8) is 0 Å². The van der Waals surface area contributed by atoms with Crippen LogP contribution in [0.1, 0.15) is 40.2 Å². The lowest BCUT2D eigenvalue weighted by atomic mass is 9.94. The van der Waals surface area contributed by atoms with Crippen molar-refractivity contribution in [2.75, 3.05) is 13.1 Å². The van der Waals surface area contributed by atoms with E-state index >= 15 is 0 Å². The molecule has 0 radical (unpaired) electrons. The van der Waals surface area contributed by atoms with Crippen LogP contribution in [0.2, 0.25) is 0 Å². The second-order valence-corrected chi connectivity index (χ2v) is 6.06. The van der Waals surface area contributed by atoms with Gasteiger partial charge in [-0.25, -0.2) is 0 Å².